The van der Waals surface area contributed by atoms with Gasteiger partial charge < -0.3 is 14.5 Å². The molecule has 1 aliphatic rings. The second-order valence-corrected chi connectivity index (χ2v) is 8.03. The molecule has 0 spiro atoms. The fraction of sp³-hybridized carbons (Fsp3) is 0.296. The number of morpholine rings is 1. The summed E-state index contributed by atoms with van der Waals surface area (Å²) >= 11 is 0. The average Bonchev–Trinajstić information content (AvgIpc) is 2.88. The van der Waals surface area contributed by atoms with Crippen LogP contribution in [0, 0.1) is 0 Å². The van der Waals surface area contributed by atoms with Gasteiger partial charge in [0.1, 0.15) is 0 Å². The highest BCUT2D eigenvalue weighted by Gasteiger charge is 2.23. The van der Waals surface area contributed by atoms with Crippen LogP contribution in [0.25, 0.3) is 0 Å². The summed E-state index contributed by atoms with van der Waals surface area (Å²) in [5, 5.41) is 0. The van der Waals surface area contributed by atoms with Crippen LogP contribution in [0.4, 0.5) is 5.95 Å². The Kier molecular flexibility index (Phi) is 7.82. The number of nitrogens with zero attached hydrogens (tertiary/aromatic N) is 4. The van der Waals surface area contributed by atoms with Gasteiger partial charge in [-0.2, -0.15) is 0 Å². The standard InChI is InChI=1S/C27H30N4O2/c1-2-3-14-31(21-23-12-8-5-9-13-23)26(32)24-20-28-27(30-15-17-33-18-16-30)29-25(24)19-22-10-6-4-7-11-22/h2-13,20H,14-19,21H2,1H3/b3-2+. The lowest BCUT2D eigenvalue weighted by Crippen LogP contribution is -2.38. The minimum atomic E-state index is -0.0589. The summed E-state index contributed by atoms with van der Waals surface area (Å²) in [5.74, 6) is 0.597. The number of aromatic nitrogens is 2. The van der Waals surface area contributed by atoms with Gasteiger partial charge in [0.15, 0.2) is 0 Å². The van der Waals surface area contributed by atoms with Gasteiger partial charge in [-0.15, -0.1) is 0 Å². The Balaban J connectivity index is 1.67. The van der Waals surface area contributed by atoms with Crippen molar-refractivity contribution in [1.29, 1.82) is 0 Å². The Morgan fingerprint density at radius 1 is 1.03 bits per heavy atom. The van der Waals surface area contributed by atoms with Gasteiger partial charge in [0.25, 0.3) is 5.91 Å². The van der Waals surface area contributed by atoms with E-state index in [9.17, 15) is 4.79 Å². The van der Waals surface area contributed by atoms with Gasteiger partial charge in [0.2, 0.25) is 5.95 Å². The summed E-state index contributed by atoms with van der Waals surface area (Å²) in [5.41, 5.74) is 3.50. The van der Waals surface area contributed by atoms with Crippen molar-refractivity contribution in [2.75, 3.05) is 37.7 Å². The molecule has 3 aromatic rings. The van der Waals surface area contributed by atoms with Crippen LogP contribution < -0.4 is 4.90 Å². The van der Waals surface area contributed by atoms with Crippen molar-refractivity contribution in [3.05, 3.63) is 101 Å². The Morgan fingerprint density at radius 2 is 1.70 bits per heavy atom. The van der Waals surface area contributed by atoms with Gasteiger partial charge in [-0.1, -0.05) is 72.8 Å². The number of carbonyl (C=O) groups is 1. The van der Waals surface area contributed by atoms with E-state index >= 15 is 0 Å². The molecular formula is C27H30N4O2. The molecule has 1 fully saturated rings. The monoisotopic (exact) mass is 442 g/mol. The van der Waals surface area contributed by atoms with Crippen LogP contribution >= 0.6 is 0 Å². The van der Waals surface area contributed by atoms with Crippen molar-refractivity contribution in [3.63, 3.8) is 0 Å². The second-order valence-electron chi connectivity index (χ2n) is 8.03. The molecule has 0 N–H and O–H groups in total. The van der Waals surface area contributed by atoms with Gasteiger partial charge in [-0.25, -0.2) is 9.97 Å². The van der Waals surface area contributed by atoms with Crippen LogP contribution in [-0.4, -0.2) is 53.6 Å². The van der Waals surface area contributed by atoms with E-state index < -0.39 is 0 Å². The summed E-state index contributed by atoms with van der Waals surface area (Å²) in [4.78, 5) is 27.2. The summed E-state index contributed by atoms with van der Waals surface area (Å²) in [6.45, 7) is 5.84. The molecule has 0 aliphatic carbocycles. The average molecular weight is 443 g/mol. The maximum atomic E-state index is 13.7. The normalized spacial score (nSPS) is 13.9. The number of allylic oxidation sites excluding steroid dienone is 1. The Morgan fingerprint density at radius 3 is 2.36 bits per heavy atom. The minimum Gasteiger partial charge on any atom is -0.378 e. The highest BCUT2D eigenvalue weighted by atomic mass is 16.5. The first kappa shape index (κ1) is 22.7. The van der Waals surface area contributed by atoms with E-state index in [1.807, 2.05) is 72.5 Å². The second kappa shape index (κ2) is 11.4. The number of ether oxygens (including phenoxy) is 1. The first-order valence-corrected chi connectivity index (χ1v) is 11.4. The highest BCUT2D eigenvalue weighted by molar-refractivity contribution is 5.95. The fourth-order valence-corrected chi connectivity index (χ4v) is 3.85. The lowest BCUT2D eigenvalue weighted by molar-refractivity contribution is 0.0760. The lowest BCUT2D eigenvalue weighted by atomic mass is 10.0. The van der Waals surface area contributed by atoms with Gasteiger partial charge >= 0.3 is 0 Å². The number of hydrogen-bond acceptors (Lipinski definition) is 5. The van der Waals surface area contributed by atoms with Crippen LogP contribution in [0.2, 0.25) is 0 Å². The molecule has 170 valence electrons. The van der Waals surface area contributed by atoms with E-state index in [-0.39, 0.29) is 5.91 Å². The van der Waals surface area contributed by atoms with Crippen LogP contribution in [0.3, 0.4) is 0 Å². The van der Waals surface area contributed by atoms with Crippen LogP contribution in [0.5, 0.6) is 0 Å². The molecular weight excluding hydrogens is 412 g/mol. The predicted molar refractivity (Wildman–Crippen MR) is 130 cm³/mol. The molecule has 4 rings (SSSR count). The summed E-state index contributed by atoms with van der Waals surface area (Å²) in [6.07, 6.45) is 6.24. The Labute approximate surface area is 195 Å². The number of hydrogen-bond donors (Lipinski definition) is 0. The largest absolute Gasteiger partial charge is 0.378 e. The van der Waals surface area contributed by atoms with Gasteiger partial charge in [0.05, 0.1) is 24.5 Å². The van der Waals surface area contributed by atoms with E-state index in [4.69, 9.17) is 9.72 Å². The van der Waals surface area contributed by atoms with Crippen LogP contribution in [-0.2, 0) is 17.7 Å². The van der Waals surface area contributed by atoms with E-state index in [0.29, 0.717) is 44.2 Å². The molecule has 33 heavy (non-hydrogen) atoms. The summed E-state index contributed by atoms with van der Waals surface area (Å²) < 4.78 is 5.47. The van der Waals surface area contributed by atoms with Crippen molar-refractivity contribution < 1.29 is 9.53 Å². The van der Waals surface area contributed by atoms with Crippen molar-refractivity contribution in [2.45, 2.75) is 19.9 Å². The Bertz CT molecular complexity index is 1060. The van der Waals surface area contributed by atoms with Crippen molar-refractivity contribution in [2.24, 2.45) is 0 Å². The third-order valence-electron chi connectivity index (χ3n) is 5.66. The predicted octanol–water partition coefficient (Wildman–Crippen LogP) is 4.12. The van der Waals surface area contributed by atoms with Crippen molar-refractivity contribution in [1.82, 2.24) is 14.9 Å². The molecule has 1 aromatic heterocycles. The van der Waals surface area contributed by atoms with Crippen LogP contribution in [0.15, 0.2) is 79.0 Å². The van der Waals surface area contributed by atoms with E-state index in [1.165, 1.54) is 0 Å². The molecule has 0 radical (unpaired) electrons. The molecule has 1 aliphatic heterocycles. The third kappa shape index (κ3) is 6.05. The maximum Gasteiger partial charge on any atom is 0.257 e. The molecule has 0 unspecified atom stereocenters. The molecule has 2 heterocycles. The summed E-state index contributed by atoms with van der Waals surface area (Å²) in [7, 11) is 0. The van der Waals surface area contributed by atoms with Crippen molar-refractivity contribution >= 4 is 11.9 Å². The first-order valence-electron chi connectivity index (χ1n) is 11.4. The van der Waals surface area contributed by atoms with Crippen LogP contribution in [0.1, 0.15) is 34.1 Å². The topological polar surface area (TPSA) is 58.6 Å². The molecule has 0 saturated carbocycles. The molecule has 1 amide bonds. The first-order chi connectivity index (χ1) is 16.2. The van der Waals surface area contributed by atoms with Gasteiger partial charge in [0, 0.05) is 38.8 Å². The molecule has 2 aromatic carbocycles. The fourth-order valence-electron chi connectivity index (χ4n) is 3.85. The molecule has 0 bridgehead atoms. The minimum absolute atomic E-state index is 0.0589. The molecule has 0 atom stereocenters. The number of rotatable bonds is 8. The number of anilines is 1. The van der Waals surface area contributed by atoms with Gasteiger partial charge in [-0.05, 0) is 18.1 Å². The maximum absolute atomic E-state index is 13.7. The van der Waals surface area contributed by atoms with Gasteiger partial charge in [-0.3, -0.25) is 4.79 Å². The number of carbonyl (C=O) groups excluding carboxylic acids is 1. The molecule has 1 saturated heterocycles. The smallest absolute Gasteiger partial charge is 0.257 e. The number of benzene rings is 2. The SMILES string of the molecule is C/C=C/CN(Cc1ccccc1)C(=O)c1cnc(N2CCOCC2)nc1Cc1ccccc1. The zero-order valence-electron chi connectivity index (χ0n) is 19.1. The van der Waals surface area contributed by atoms with E-state index in [2.05, 4.69) is 22.0 Å². The molecule has 6 nitrogen and oxygen atoms in total. The number of amides is 1. The zero-order chi connectivity index (χ0) is 22.9. The highest BCUT2D eigenvalue weighted by Crippen LogP contribution is 2.20. The molecule has 6 heteroatoms. The van der Waals surface area contributed by atoms with Crippen molar-refractivity contribution in [3.8, 4) is 0 Å². The van der Waals surface area contributed by atoms with E-state index in [1.54, 1.807) is 6.20 Å². The zero-order valence-corrected chi connectivity index (χ0v) is 19.1. The quantitative estimate of drug-likeness (QED) is 0.491. The summed E-state index contributed by atoms with van der Waals surface area (Å²) in [6, 6.07) is 20.2. The van der Waals surface area contributed by atoms with E-state index in [0.717, 1.165) is 29.9 Å². The lowest BCUT2D eigenvalue weighted by Gasteiger charge is -2.28. The third-order valence-corrected chi connectivity index (χ3v) is 5.66. The Hall–Kier alpha value is -3.51.